The van der Waals surface area contributed by atoms with Crippen molar-refractivity contribution in [3.05, 3.63) is 69.7 Å². The Morgan fingerprint density at radius 1 is 1.00 bits per heavy atom. The minimum Gasteiger partial charge on any atom is -0.0921 e. The maximum Gasteiger partial charge on any atom is 0.0210 e. The van der Waals surface area contributed by atoms with E-state index in [1.54, 1.807) is 0 Å². The molecular weight excluding hydrogens is 352 g/mol. The summed E-state index contributed by atoms with van der Waals surface area (Å²) in [7, 11) is 0. The van der Waals surface area contributed by atoms with Crippen molar-refractivity contribution < 1.29 is 0 Å². The number of alkyl halides is 1. The number of hydrogen-bond donors (Lipinski definition) is 0. The molecule has 0 N–H and O–H groups in total. The molecule has 2 rings (SSSR count). The van der Waals surface area contributed by atoms with Crippen LogP contribution in [0, 0.1) is 6.92 Å². The molecule has 0 aromatic heterocycles. The zero-order chi connectivity index (χ0) is 13.0. The van der Waals surface area contributed by atoms with Gasteiger partial charge in [-0.15, -0.1) is 0 Å². The SMILES string of the molecule is Cc1ccc(CC(CBr)c2ccccc2Br)cc1. The van der Waals surface area contributed by atoms with Gasteiger partial charge in [-0.05, 0) is 36.5 Å². The molecule has 0 nitrogen and oxygen atoms in total. The zero-order valence-corrected chi connectivity index (χ0v) is 13.5. The average Bonchev–Trinajstić information content (AvgIpc) is 2.39. The van der Waals surface area contributed by atoms with Crippen molar-refractivity contribution in [1.29, 1.82) is 0 Å². The molecule has 0 bridgehead atoms. The second-order valence-corrected chi connectivity index (χ2v) is 6.06. The third-order valence-corrected chi connectivity index (χ3v) is 4.64. The largest absolute Gasteiger partial charge is 0.0921 e. The first-order chi connectivity index (χ1) is 8.70. The summed E-state index contributed by atoms with van der Waals surface area (Å²) in [5.74, 6) is 0.503. The van der Waals surface area contributed by atoms with Gasteiger partial charge in [-0.1, -0.05) is 79.9 Å². The van der Waals surface area contributed by atoms with Crippen molar-refractivity contribution in [2.45, 2.75) is 19.3 Å². The van der Waals surface area contributed by atoms with Crippen LogP contribution in [0.5, 0.6) is 0 Å². The van der Waals surface area contributed by atoms with Crippen LogP contribution in [-0.2, 0) is 6.42 Å². The quantitative estimate of drug-likeness (QED) is 0.627. The summed E-state index contributed by atoms with van der Waals surface area (Å²) in [5.41, 5.74) is 4.07. The lowest BCUT2D eigenvalue weighted by Crippen LogP contribution is -2.05. The molecule has 18 heavy (non-hydrogen) atoms. The predicted molar refractivity (Wildman–Crippen MR) is 85.6 cm³/mol. The summed E-state index contributed by atoms with van der Waals surface area (Å²) in [4.78, 5) is 0. The van der Waals surface area contributed by atoms with Gasteiger partial charge in [0, 0.05) is 9.80 Å². The van der Waals surface area contributed by atoms with E-state index in [0.29, 0.717) is 5.92 Å². The van der Waals surface area contributed by atoms with E-state index in [1.807, 2.05) is 0 Å². The van der Waals surface area contributed by atoms with Crippen LogP contribution in [0.25, 0.3) is 0 Å². The smallest absolute Gasteiger partial charge is 0.0210 e. The molecule has 0 radical (unpaired) electrons. The zero-order valence-electron chi connectivity index (χ0n) is 10.4. The number of halogens is 2. The standard InChI is InChI=1S/C16H16Br2/c1-12-6-8-13(9-7-12)10-14(11-17)15-4-2-3-5-16(15)18/h2-9,14H,10-11H2,1H3. The molecule has 0 amide bonds. The summed E-state index contributed by atoms with van der Waals surface area (Å²) in [6, 6.07) is 17.3. The van der Waals surface area contributed by atoms with Crippen molar-refractivity contribution in [3.63, 3.8) is 0 Å². The summed E-state index contributed by atoms with van der Waals surface area (Å²) in [6.45, 7) is 2.12. The molecule has 0 spiro atoms. The van der Waals surface area contributed by atoms with Crippen LogP contribution in [0.4, 0.5) is 0 Å². The normalized spacial score (nSPS) is 12.4. The fraction of sp³-hybridized carbons (Fsp3) is 0.250. The van der Waals surface area contributed by atoms with E-state index in [-0.39, 0.29) is 0 Å². The molecule has 0 saturated heterocycles. The first-order valence-corrected chi connectivity index (χ1v) is 7.98. The van der Waals surface area contributed by atoms with Crippen molar-refractivity contribution in [3.8, 4) is 0 Å². The summed E-state index contributed by atoms with van der Waals surface area (Å²) in [5, 5.41) is 0.976. The molecule has 0 aliphatic rings. The van der Waals surface area contributed by atoms with Crippen LogP contribution in [0.15, 0.2) is 53.0 Å². The van der Waals surface area contributed by atoms with Gasteiger partial charge in [0.1, 0.15) is 0 Å². The Balaban J connectivity index is 2.20. The minimum absolute atomic E-state index is 0.503. The van der Waals surface area contributed by atoms with E-state index < -0.39 is 0 Å². The lowest BCUT2D eigenvalue weighted by molar-refractivity contribution is 0.771. The van der Waals surface area contributed by atoms with Gasteiger partial charge >= 0.3 is 0 Å². The lowest BCUT2D eigenvalue weighted by atomic mass is 9.93. The monoisotopic (exact) mass is 366 g/mol. The molecule has 1 atom stereocenters. The Labute approximate surface area is 126 Å². The van der Waals surface area contributed by atoms with Gasteiger partial charge in [-0.3, -0.25) is 0 Å². The maximum absolute atomic E-state index is 3.64. The Morgan fingerprint density at radius 3 is 2.28 bits per heavy atom. The van der Waals surface area contributed by atoms with Crippen LogP contribution in [0.3, 0.4) is 0 Å². The Hall–Kier alpha value is -0.600. The average molecular weight is 368 g/mol. The van der Waals surface area contributed by atoms with Crippen LogP contribution in [0.2, 0.25) is 0 Å². The van der Waals surface area contributed by atoms with E-state index in [9.17, 15) is 0 Å². The third-order valence-electron chi connectivity index (χ3n) is 3.13. The Kier molecular flexibility index (Phi) is 5.02. The Morgan fingerprint density at radius 2 is 1.67 bits per heavy atom. The van der Waals surface area contributed by atoms with Gasteiger partial charge in [0.15, 0.2) is 0 Å². The number of rotatable bonds is 4. The summed E-state index contributed by atoms with van der Waals surface area (Å²) in [6.07, 6.45) is 1.06. The first kappa shape index (κ1) is 13.8. The van der Waals surface area contributed by atoms with Gasteiger partial charge < -0.3 is 0 Å². The van der Waals surface area contributed by atoms with E-state index in [2.05, 4.69) is 87.3 Å². The van der Waals surface area contributed by atoms with Crippen LogP contribution >= 0.6 is 31.9 Å². The van der Waals surface area contributed by atoms with Gasteiger partial charge in [0.25, 0.3) is 0 Å². The van der Waals surface area contributed by atoms with Crippen molar-refractivity contribution in [2.24, 2.45) is 0 Å². The molecule has 0 fully saturated rings. The molecule has 2 heteroatoms. The highest BCUT2D eigenvalue weighted by Gasteiger charge is 2.13. The summed E-state index contributed by atoms with van der Waals surface area (Å²) < 4.78 is 1.20. The highest BCUT2D eigenvalue weighted by atomic mass is 79.9. The molecule has 2 aromatic carbocycles. The highest BCUT2D eigenvalue weighted by Crippen LogP contribution is 2.29. The van der Waals surface area contributed by atoms with E-state index in [4.69, 9.17) is 0 Å². The van der Waals surface area contributed by atoms with E-state index in [1.165, 1.54) is 21.2 Å². The van der Waals surface area contributed by atoms with Gasteiger partial charge in [-0.25, -0.2) is 0 Å². The van der Waals surface area contributed by atoms with Crippen LogP contribution < -0.4 is 0 Å². The second-order valence-electron chi connectivity index (χ2n) is 4.56. The fourth-order valence-corrected chi connectivity index (χ4v) is 3.25. The van der Waals surface area contributed by atoms with Crippen molar-refractivity contribution >= 4 is 31.9 Å². The topological polar surface area (TPSA) is 0 Å². The summed E-state index contributed by atoms with van der Waals surface area (Å²) >= 11 is 7.28. The molecule has 2 aromatic rings. The minimum atomic E-state index is 0.503. The molecule has 0 aliphatic heterocycles. The maximum atomic E-state index is 3.64. The number of benzene rings is 2. The van der Waals surface area contributed by atoms with E-state index >= 15 is 0 Å². The first-order valence-electron chi connectivity index (χ1n) is 6.06. The third kappa shape index (κ3) is 3.46. The number of aryl methyl sites for hydroxylation is 1. The van der Waals surface area contributed by atoms with E-state index in [0.717, 1.165) is 11.8 Å². The Bertz CT molecular complexity index is 503. The molecule has 0 heterocycles. The molecule has 0 saturated carbocycles. The molecule has 94 valence electrons. The molecule has 1 unspecified atom stereocenters. The number of hydrogen-bond acceptors (Lipinski definition) is 0. The second kappa shape index (κ2) is 6.53. The molecule has 0 aliphatic carbocycles. The highest BCUT2D eigenvalue weighted by molar-refractivity contribution is 9.10. The van der Waals surface area contributed by atoms with Crippen molar-refractivity contribution in [2.75, 3.05) is 5.33 Å². The lowest BCUT2D eigenvalue weighted by Gasteiger charge is -2.16. The van der Waals surface area contributed by atoms with Crippen LogP contribution in [-0.4, -0.2) is 5.33 Å². The van der Waals surface area contributed by atoms with Crippen LogP contribution in [0.1, 0.15) is 22.6 Å². The fourth-order valence-electron chi connectivity index (χ4n) is 2.06. The van der Waals surface area contributed by atoms with Gasteiger partial charge in [-0.2, -0.15) is 0 Å². The van der Waals surface area contributed by atoms with Crippen molar-refractivity contribution in [1.82, 2.24) is 0 Å². The van der Waals surface area contributed by atoms with Gasteiger partial charge in [0.05, 0.1) is 0 Å². The van der Waals surface area contributed by atoms with Gasteiger partial charge in [0.2, 0.25) is 0 Å². The predicted octanol–water partition coefficient (Wildman–Crippen LogP) is 5.48. The molecular formula is C16H16Br2.